The van der Waals surface area contributed by atoms with Gasteiger partial charge in [-0.25, -0.2) is 0 Å². The Hall–Kier alpha value is -2.74. The molecule has 2 aromatic rings. The summed E-state index contributed by atoms with van der Waals surface area (Å²) in [5.41, 5.74) is 5.36. The average Bonchev–Trinajstić information content (AvgIpc) is 2.64. The first-order valence-electron chi connectivity index (χ1n) is 9.05. The lowest BCUT2D eigenvalue weighted by Crippen LogP contribution is -2.03. The molecule has 0 saturated heterocycles. The van der Waals surface area contributed by atoms with Gasteiger partial charge in [0.15, 0.2) is 5.78 Å². The molecule has 0 aliphatic rings. The summed E-state index contributed by atoms with van der Waals surface area (Å²) < 4.78 is 0. The predicted octanol–water partition coefficient (Wildman–Crippen LogP) is 6.67. The fourth-order valence-corrected chi connectivity index (χ4v) is 2.45. The number of hydrogen-bond acceptors (Lipinski definition) is 2. The van der Waals surface area contributed by atoms with Crippen LogP contribution in [0.5, 0.6) is 0 Å². The van der Waals surface area contributed by atoms with Crippen molar-refractivity contribution >= 4 is 17.2 Å². The van der Waals surface area contributed by atoms with Crippen LogP contribution in [0, 0.1) is 6.92 Å². The largest absolute Gasteiger partial charge is 0.294 e. The minimum Gasteiger partial charge on any atom is -0.294 e. The Morgan fingerprint density at radius 2 is 1.81 bits per heavy atom. The van der Waals surface area contributed by atoms with Gasteiger partial charge in [0.25, 0.3) is 0 Å². The van der Waals surface area contributed by atoms with Crippen LogP contribution in [0.2, 0.25) is 0 Å². The molecule has 0 bridgehead atoms. The maximum absolute atomic E-state index is 12.5. The van der Waals surface area contributed by atoms with Gasteiger partial charge in [-0.3, -0.25) is 9.79 Å². The summed E-state index contributed by atoms with van der Waals surface area (Å²) in [4.78, 5) is 17.1. The van der Waals surface area contributed by atoms with Gasteiger partial charge in [0, 0.05) is 17.7 Å². The SMILES string of the molecule is C=C(/C=C\C)C(C)=Nc1cccc(C(=O)Cc2cccc(C)c2)c1.CC. The number of carbonyl (C=O) groups excluding carboxylic acids is 1. The van der Waals surface area contributed by atoms with Crippen molar-refractivity contribution in [2.75, 3.05) is 0 Å². The van der Waals surface area contributed by atoms with Crippen LogP contribution in [-0.2, 0) is 6.42 Å². The number of rotatable bonds is 6. The molecule has 2 nitrogen and oxygen atoms in total. The van der Waals surface area contributed by atoms with E-state index >= 15 is 0 Å². The molecule has 2 rings (SSSR count). The van der Waals surface area contributed by atoms with Gasteiger partial charge in [0.2, 0.25) is 0 Å². The summed E-state index contributed by atoms with van der Waals surface area (Å²) in [5, 5.41) is 0. The second-order valence-corrected chi connectivity index (χ2v) is 5.86. The van der Waals surface area contributed by atoms with Gasteiger partial charge in [0.05, 0.1) is 5.69 Å². The molecule has 0 atom stereocenters. The van der Waals surface area contributed by atoms with Crippen molar-refractivity contribution in [2.45, 2.75) is 41.0 Å². The summed E-state index contributed by atoms with van der Waals surface area (Å²) in [7, 11) is 0. The van der Waals surface area contributed by atoms with Crippen LogP contribution in [0.15, 0.2) is 77.8 Å². The highest BCUT2D eigenvalue weighted by molar-refractivity contribution is 6.02. The maximum Gasteiger partial charge on any atom is 0.167 e. The normalized spacial score (nSPS) is 11.0. The first kappa shape index (κ1) is 21.3. The summed E-state index contributed by atoms with van der Waals surface area (Å²) in [5.74, 6) is 0.0996. The highest BCUT2D eigenvalue weighted by Crippen LogP contribution is 2.18. The molecule has 0 aliphatic heterocycles. The van der Waals surface area contributed by atoms with Crippen LogP contribution in [-0.4, -0.2) is 11.5 Å². The maximum atomic E-state index is 12.5. The van der Waals surface area contributed by atoms with Crippen LogP contribution in [0.1, 0.15) is 49.2 Å². The third kappa shape index (κ3) is 6.64. The first-order chi connectivity index (χ1) is 12.5. The molecule has 2 heteroatoms. The summed E-state index contributed by atoms with van der Waals surface area (Å²) in [6.07, 6.45) is 4.26. The zero-order valence-corrected chi connectivity index (χ0v) is 16.5. The summed E-state index contributed by atoms with van der Waals surface area (Å²) >= 11 is 0. The Bertz CT molecular complexity index is 812. The smallest absolute Gasteiger partial charge is 0.167 e. The Labute approximate surface area is 158 Å². The number of carbonyl (C=O) groups is 1. The van der Waals surface area contributed by atoms with Crippen molar-refractivity contribution in [3.63, 3.8) is 0 Å². The molecule has 26 heavy (non-hydrogen) atoms. The first-order valence-corrected chi connectivity index (χ1v) is 9.05. The monoisotopic (exact) mass is 347 g/mol. The Morgan fingerprint density at radius 3 is 2.46 bits per heavy atom. The van der Waals surface area contributed by atoms with Gasteiger partial charge in [0.1, 0.15) is 0 Å². The lowest BCUT2D eigenvalue weighted by atomic mass is 10.0. The molecule has 0 amide bonds. The summed E-state index contributed by atoms with van der Waals surface area (Å²) in [6.45, 7) is 13.9. The van der Waals surface area contributed by atoms with E-state index in [0.29, 0.717) is 12.0 Å². The molecule has 0 unspecified atom stereocenters. The Morgan fingerprint density at radius 1 is 1.12 bits per heavy atom. The van der Waals surface area contributed by atoms with Crippen molar-refractivity contribution in [1.29, 1.82) is 0 Å². The van der Waals surface area contributed by atoms with Gasteiger partial charge in [-0.1, -0.05) is 74.5 Å². The fourth-order valence-electron chi connectivity index (χ4n) is 2.45. The van der Waals surface area contributed by atoms with Gasteiger partial charge >= 0.3 is 0 Å². The average molecular weight is 348 g/mol. The van der Waals surface area contributed by atoms with Gasteiger partial charge in [-0.2, -0.15) is 0 Å². The molecule has 2 aromatic carbocycles. The van der Waals surface area contributed by atoms with E-state index in [0.717, 1.165) is 28.1 Å². The molecular weight excluding hydrogens is 318 g/mol. The van der Waals surface area contributed by atoms with E-state index in [2.05, 4.69) is 11.6 Å². The molecule has 0 radical (unpaired) electrons. The number of benzene rings is 2. The highest BCUT2D eigenvalue weighted by Gasteiger charge is 2.08. The second kappa shape index (κ2) is 11.0. The van der Waals surface area contributed by atoms with E-state index in [-0.39, 0.29) is 5.78 Å². The number of Topliss-reactive ketones (excluding diaryl/α,β-unsaturated/α-hetero) is 1. The topological polar surface area (TPSA) is 29.4 Å². The van der Waals surface area contributed by atoms with E-state index in [9.17, 15) is 4.79 Å². The van der Waals surface area contributed by atoms with E-state index in [4.69, 9.17) is 0 Å². The van der Waals surface area contributed by atoms with E-state index in [1.54, 1.807) is 0 Å². The second-order valence-electron chi connectivity index (χ2n) is 5.86. The number of aryl methyl sites for hydroxylation is 1. The predicted molar refractivity (Wildman–Crippen MR) is 114 cm³/mol. The van der Waals surface area contributed by atoms with Gasteiger partial charge in [-0.05, 0) is 44.0 Å². The third-order valence-electron chi connectivity index (χ3n) is 3.74. The number of hydrogen-bond donors (Lipinski definition) is 0. The molecule has 0 N–H and O–H groups in total. The molecular formula is C24H29NO. The van der Waals surface area contributed by atoms with Crippen LogP contribution in [0.25, 0.3) is 0 Å². The molecule has 0 aromatic heterocycles. The van der Waals surface area contributed by atoms with Crippen LogP contribution < -0.4 is 0 Å². The van der Waals surface area contributed by atoms with E-state index in [1.807, 2.05) is 95.3 Å². The number of aliphatic imine (C=N–C) groups is 1. The lowest BCUT2D eigenvalue weighted by molar-refractivity contribution is 0.0993. The van der Waals surface area contributed by atoms with Crippen molar-refractivity contribution in [3.8, 4) is 0 Å². The molecule has 136 valence electrons. The molecule has 0 heterocycles. The minimum absolute atomic E-state index is 0.0996. The standard InChI is InChI=1S/C22H23NO.C2H6/c1-5-8-17(3)18(4)23-21-12-7-11-20(15-21)22(24)14-19-10-6-9-16(2)13-19;1-2/h5-13,15H,3,14H2,1-2,4H3;1-2H3/b8-5-,23-18?;. The van der Waals surface area contributed by atoms with Gasteiger partial charge in [-0.15, -0.1) is 0 Å². The molecule has 0 aliphatic carbocycles. The van der Waals surface area contributed by atoms with E-state index < -0.39 is 0 Å². The van der Waals surface area contributed by atoms with Crippen LogP contribution >= 0.6 is 0 Å². The zero-order chi connectivity index (χ0) is 19.5. The molecule has 0 fully saturated rings. The van der Waals surface area contributed by atoms with Crippen molar-refractivity contribution < 1.29 is 4.79 Å². The molecule has 0 spiro atoms. The highest BCUT2D eigenvalue weighted by atomic mass is 16.1. The van der Waals surface area contributed by atoms with Gasteiger partial charge < -0.3 is 0 Å². The quantitative estimate of drug-likeness (QED) is 0.326. The van der Waals surface area contributed by atoms with E-state index in [1.165, 1.54) is 0 Å². The fraction of sp³-hybridized carbons (Fsp3) is 0.250. The number of ketones is 1. The van der Waals surface area contributed by atoms with Crippen LogP contribution in [0.3, 0.4) is 0 Å². The lowest BCUT2D eigenvalue weighted by Gasteiger charge is -2.05. The Kier molecular flexibility index (Phi) is 9.00. The summed E-state index contributed by atoms with van der Waals surface area (Å²) in [6, 6.07) is 15.5. The van der Waals surface area contributed by atoms with Crippen molar-refractivity contribution in [1.82, 2.24) is 0 Å². The van der Waals surface area contributed by atoms with Crippen molar-refractivity contribution in [3.05, 3.63) is 89.5 Å². The molecule has 0 saturated carbocycles. The number of allylic oxidation sites excluding steroid dienone is 3. The van der Waals surface area contributed by atoms with Crippen molar-refractivity contribution in [2.24, 2.45) is 4.99 Å². The van der Waals surface area contributed by atoms with Crippen LogP contribution in [0.4, 0.5) is 5.69 Å². The third-order valence-corrected chi connectivity index (χ3v) is 3.74. The number of nitrogens with zero attached hydrogens (tertiary/aromatic N) is 1. The Balaban J connectivity index is 0.00000163. The zero-order valence-electron chi connectivity index (χ0n) is 16.5. The minimum atomic E-state index is 0.0996.